The number of hydrogen-bond donors (Lipinski definition) is 3. The fraction of sp³-hybridized carbons (Fsp3) is 0.533. The number of aliphatic imine (C=N–C) groups is 1. The molecule has 0 aliphatic rings. The highest BCUT2D eigenvalue weighted by Crippen LogP contribution is 1.94. The molecule has 0 spiro atoms. The molecule has 1 heterocycles. The van der Waals surface area contributed by atoms with Crippen LogP contribution in [0.4, 0.5) is 0 Å². The lowest BCUT2D eigenvalue weighted by atomic mass is 10.2. The molecule has 3 N–H and O–H groups in total. The molecule has 0 saturated heterocycles. The van der Waals surface area contributed by atoms with Gasteiger partial charge in [0, 0.05) is 39.1 Å². The molecule has 0 radical (unpaired) electrons. The van der Waals surface area contributed by atoms with Gasteiger partial charge in [-0.05, 0) is 18.6 Å². The molecule has 0 aliphatic carbocycles. The van der Waals surface area contributed by atoms with Crippen molar-refractivity contribution in [1.29, 1.82) is 0 Å². The van der Waals surface area contributed by atoms with Gasteiger partial charge in [-0.15, -0.1) is 0 Å². The topological polar surface area (TPSA) is 78.4 Å². The predicted octanol–water partition coefficient (Wildman–Crippen LogP) is 1.17. The van der Waals surface area contributed by atoms with Gasteiger partial charge in [0.05, 0.1) is 5.56 Å². The number of pyridine rings is 1. The molecule has 1 rings (SSSR count). The molecule has 21 heavy (non-hydrogen) atoms. The standard InChI is InChI=1S/C15H25N5O/c1-3-4-5-9-19-15(16-2)20-11-10-18-14(21)13-7-6-8-17-12-13/h6-8,12H,3-5,9-11H2,1-2H3,(H,18,21)(H2,16,19,20). The normalized spacial score (nSPS) is 11.0. The third-order valence-corrected chi connectivity index (χ3v) is 2.92. The van der Waals surface area contributed by atoms with Crippen molar-refractivity contribution in [1.82, 2.24) is 20.9 Å². The second-order valence-corrected chi connectivity index (χ2v) is 4.63. The largest absolute Gasteiger partial charge is 0.356 e. The van der Waals surface area contributed by atoms with Crippen molar-refractivity contribution in [2.75, 3.05) is 26.7 Å². The van der Waals surface area contributed by atoms with Crippen molar-refractivity contribution in [2.45, 2.75) is 26.2 Å². The van der Waals surface area contributed by atoms with E-state index in [-0.39, 0.29) is 5.91 Å². The molecule has 1 amide bonds. The highest BCUT2D eigenvalue weighted by molar-refractivity contribution is 5.93. The number of carbonyl (C=O) groups excluding carboxylic acids is 1. The fourth-order valence-corrected chi connectivity index (χ4v) is 1.76. The molecule has 0 atom stereocenters. The van der Waals surface area contributed by atoms with Crippen LogP contribution in [0.1, 0.15) is 36.5 Å². The van der Waals surface area contributed by atoms with Crippen LogP contribution in [0, 0.1) is 0 Å². The molecule has 6 heteroatoms. The van der Waals surface area contributed by atoms with Crippen LogP contribution in [0.25, 0.3) is 0 Å². The fourth-order valence-electron chi connectivity index (χ4n) is 1.76. The van der Waals surface area contributed by atoms with Crippen LogP contribution in [0.15, 0.2) is 29.5 Å². The van der Waals surface area contributed by atoms with E-state index in [0.717, 1.165) is 18.9 Å². The molecule has 0 unspecified atom stereocenters. The summed E-state index contributed by atoms with van der Waals surface area (Å²) < 4.78 is 0. The first kappa shape index (κ1) is 16.9. The minimum absolute atomic E-state index is 0.115. The quantitative estimate of drug-likeness (QED) is 0.382. The van der Waals surface area contributed by atoms with E-state index >= 15 is 0 Å². The van der Waals surface area contributed by atoms with Crippen LogP contribution < -0.4 is 16.0 Å². The van der Waals surface area contributed by atoms with Gasteiger partial charge in [-0.25, -0.2) is 0 Å². The van der Waals surface area contributed by atoms with Gasteiger partial charge in [-0.2, -0.15) is 0 Å². The van der Waals surface area contributed by atoms with Gasteiger partial charge in [-0.1, -0.05) is 19.8 Å². The van der Waals surface area contributed by atoms with Crippen LogP contribution in [0.3, 0.4) is 0 Å². The SMILES string of the molecule is CCCCCNC(=NC)NCCNC(=O)c1cccnc1. The van der Waals surface area contributed by atoms with Gasteiger partial charge in [-0.3, -0.25) is 14.8 Å². The highest BCUT2D eigenvalue weighted by atomic mass is 16.1. The monoisotopic (exact) mass is 291 g/mol. The maximum atomic E-state index is 11.8. The van der Waals surface area contributed by atoms with Crippen molar-refractivity contribution in [3.05, 3.63) is 30.1 Å². The Morgan fingerprint density at radius 3 is 2.62 bits per heavy atom. The summed E-state index contributed by atoms with van der Waals surface area (Å²) in [6, 6.07) is 3.49. The maximum Gasteiger partial charge on any atom is 0.252 e. The van der Waals surface area contributed by atoms with Gasteiger partial charge in [0.2, 0.25) is 0 Å². The molecule has 0 bridgehead atoms. The summed E-state index contributed by atoms with van der Waals surface area (Å²) in [4.78, 5) is 19.8. The second kappa shape index (κ2) is 10.7. The summed E-state index contributed by atoms with van der Waals surface area (Å²) in [5.74, 6) is 0.650. The van der Waals surface area contributed by atoms with E-state index in [9.17, 15) is 4.79 Å². The zero-order valence-electron chi connectivity index (χ0n) is 12.9. The van der Waals surface area contributed by atoms with E-state index in [2.05, 4.69) is 32.9 Å². The van der Waals surface area contributed by atoms with Crippen LogP contribution >= 0.6 is 0 Å². The summed E-state index contributed by atoms with van der Waals surface area (Å²) >= 11 is 0. The second-order valence-electron chi connectivity index (χ2n) is 4.63. The number of guanidine groups is 1. The van der Waals surface area contributed by atoms with Crippen LogP contribution in [-0.2, 0) is 0 Å². The zero-order chi connectivity index (χ0) is 15.3. The molecular formula is C15H25N5O. The lowest BCUT2D eigenvalue weighted by molar-refractivity contribution is 0.0954. The van der Waals surface area contributed by atoms with Crippen LogP contribution in [0.2, 0.25) is 0 Å². The first-order chi connectivity index (χ1) is 10.3. The highest BCUT2D eigenvalue weighted by Gasteiger charge is 2.03. The molecule has 0 aliphatic heterocycles. The number of amides is 1. The molecule has 116 valence electrons. The minimum Gasteiger partial charge on any atom is -0.356 e. The van der Waals surface area contributed by atoms with E-state index in [1.165, 1.54) is 12.8 Å². The molecule has 0 aromatic carbocycles. The zero-order valence-corrected chi connectivity index (χ0v) is 12.9. The maximum absolute atomic E-state index is 11.8. The Morgan fingerprint density at radius 1 is 1.19 bits per heavy atom. The Labute approximate surface area is 126 Å². The van der Waals surface area contributed by atoms with Gasteiger partial charge in [0.25, 0.3) is 5.91 Å². The summed E-state index contributed by atoms with van der Waals surface area (Å²) in [5, 5.41) is 9.23. The Morgan fingerprint density at radius 2 is 1.95 bits per heavy atom. The van der Waals surface area contributed by atoms with E-state index in [1.54, 1.807) is 31.6 Å². The Hall–Kier alpha value is -2.11. The van der Waals surface area contributed by atoms with Gasteiger partial charge >= 0.3 is 0 Å². The number of carbonyl (C=O) groups is 1. The lowest BCUT2D eigenvalue weighted by Crippen LogP contribution is -2.41. The first-order valence-corrected chi connectivity index (χ1v) is 7.40. The van der Waals surface area contributed by atoms with E-state index < -0.39 is 0 Å². The summed E-state index contributed by atoms with van der Waals surface area (Å²) in [6.45, 7) is 4.25. The minimum atomic E-state index is -0.115. The molecule has 1 aromatic rings. The molecule has 0 fully saturated rings. The number of hydrogen-bond acceptors (Lipinski definition) is 3. The number of nitrogens with zero attached hydrogens (tertiary/aromatic N) is 2. The summed E-state index contributed by atoms with van der Waals surface area (Å²) in [5.41, 5.74) is 0.569. The Kier molecular flexibility index (Phi) is 8.59. The van der Waals surface area contributed by atoms with Crippen molar-refractivity contribution < 1.29 is 4.79 Å². The van der Waals surface area contributed by atoms with Gasteiger partial charge in [0.15, 0.2) is 5.96 Å². The summed E-state index contributed by atoms with van der Waals surface area (Å²) in [7, 11) is 1.74. The lowest BCUT2D eigenvalue weighted by Gasteiger charge is -2.12. The number of unbranched alkanes of at least 4 members (excludes halogenated alkanes) is 2. The van der Waals surface area contributed by atoms with E-state index in [0.29, 0.717) is 18.7 Å². The molecule has 6 nitrogen and oxygen atoms in total. The molecule has 1 aromatic heterocycles. The van der Waals surface area contributed by atoms with Gasteiger partial charge in [0.1, 0.15) is 0 Å². The van der Waals surface area contributed by atoms with E-state index in [4.69, 9.17) is 0 Å². The van der Waals surface area contributed by atoms with Crippen LogP contribution in [-0.4, -0.2) is 43.5 Å². The van der Waals surface area contributed by atoms with Gasteiger partial charge < -0.3 is 16.0 Å². The molecule has 0 saturated carbocycles. The van der Waals surface area contributed by atoms with E-state index in [1.807, 2.05) is 0 Å². The van der Waals surface area contributed by atoms with Crippen LogP contribution in [0.5, 0.6) is 0 Å². The average Bonchev–Trinajstić information content (AvgIpc) is 2.54. The number of aromatic nitrogens is 1. The van der Waals surface area contributed by atoms with Crippen molar-refractivity contribution in [3.63, 3.8) is 0 Å². The summed E-state index contributed by atoms with van der Waals surface area (Å²) in [6.07, 6.45) is 6.75. The van der Waals surface area contributed by atoms with Crippen molar-refractivity contribution >= 4 is 11.9 Å². The van der Waals surface area contributed by atoms with Crippen molar-refractivity contribution in [2.24, 2.45) is 4.99 Å². The number of nitrogens with one attached hydrogen (secondary N) is 3. The Balaban J connectivity index is 2.16. The third kappa shape index (κ3) is 7.29. The number of rotatable bonds is 8. The predicted molar refractivity (Wildman–Crippen MR) is 85.5 cm³/mol. The average molecular weight is 291 g/mol. The Bertz CT molecular complexity index is 433. The smallest absolute Gasteiger partial charge is 0.252 e. The first-order valence-electron chi connectivity index (χ1n) is 7.40. The molecular weight excluding hydrogens is 266 g/mol. The third-order valence-electron chi connectivity index (χ3n) is 2.92. The van der Waals surface area contributed by atoms with Crippen molar-refractivity contribution in [3.8, 4) is 0 Å².